The van der Waals surface area contributed by atoms with Gasteiger partial charge in [-0.25, -0.2) is 13.6 Å². The average Bonchev–Trinajstić information content (AvgIpc) is 3.06. The molecule has 1 aliphatic rings. The zero-order chi connectivity index (χ0) is 34.9. The molecule has 1 amide bonds. The van der Waals surface area contributed by atoms with Gasteiger partial charge in [-0.3, -0.25) is 14.6 Å². The van der Waals surface area contributed by atoms with E-state index < -0.39 is 59.6 Å². The number of amides is 1. The van der Waals surface area contributed by atoms with Crippen LogP contribution in [-0.4, -0.2) is 73.7 Å². The number of benzene rings is 2. The van der Waals surface area contributed by atoms with Gasteiger partial charge in [0.25, 0.3) is 11.5 Å². The number of esters is 1. The van der Waals surface area contributed by atoms with E-state index in [1.807, 2.05) is 0 Å². The van der Waals surface area contributed by atoms with Crippen molar-refractivity contribution in [3.8, 4) is 16.9 Å². The number of anilines is 1. The summed E-state index contributed by atoms with van der Waals surface area (Å²) >= 11 is 0. The second kappa shape index (κ2) is 13.6. The van der Waals surface area contributed by atoms with E-state index in [1.165, 1.54) is 17.9 Å². The smallest absolute Gasteiger partial charge is 0.411 e. The van der Waals surface area contributed by atoms with E-state index in [0.717, 1.165) is 12.0 Å². The van der Waals surface area contributed by atoms with Gasteiger partial charge in [0.2, 0.25) is 0 Å². The molecule has 0 saturated carbocycles. The number of morpholine rings is 1. The fourth-order valence-corrected chi connectivity index (χ4v) is 5.72. The Morgan fingerprint density at radius 2 is 1.83 bits per heavy atom. The maximum atomic E-state index is 15.3. The lowest BCUT2D eigenvalue weighted by Crippen LogP contribution is -2.53. The van der Waals surface area contributed by atoms with Crippen LogP contribution in [0.15, 0.2) is 53.5 Å². The fourth-order valence-electron chi connectivity index (χ4n) is 5.72. The van der Waals surface area contributed by atoms with Crippen LogP contribution < -0.4 is 20.5 Å². The number of pyridine rings is 2. The molecule has 1 aliphatic heterocycles. The van der Waals surface area contributed by atoms with Crippen LogP contribution in [0.3, 0.4) is 0 Å². The summed E-state index contributed by atoms with van der Waals surface area (Å²) in [4.78, 5) is 44.6. The Balaban J connectivity index is 1.48. The summed E-state index contributed by atoms with van der Waals surface area (Å²) in [6.07, 6.45) is -3.44. The minimum Gasteiger partial charge on any atom is -0.496 e. The number of ether oxygens (including phenoxy) is 3. The fraction of sp³-hybridized carbons (Fsp3) is 0.333. The van der Waals surface area contributed by atoms with Crippen molar-refractivity contribution in [3.05, 3.63) is 87.5 Å². The number of aryl methyl sites for hydroxylation is 1. The lowest BCUT2D eigenvalue weighted by Gasteiger charge is -2.38. The Kier molecular flexibility index (Phi) is 9.71. The van der Waals surface area contributed by atoms with Gasteiger partial charge in [0, 0.05) is 54.6 Å². The Hall–Kier alpha value is -5.05. The van der Waals surface area contributed by atoms with Crippen LogP contribution in [-0.2, 0) is 27.7 Å². The molecule has 15 heteroatoms. The third-order valence-electron chi connectivity index (χ3n) is 8.29. The van der Waals surface area contributed by atoms with Crippen LogP contribution in [0.25, 0.3) is 22.0 Å². The van der Waals surface area contributed by atoms with E-state index in [-0.39, 0.29) is 30.7 Å². The molecule has 2 aromatic carbocycles. The summed E-state index contributed by atoms with van der Waals surface area (Å²) in [6, 6.07) is 5.96. The molecule has 48 heavy (non-hydrogen) atoms. The molecule has 1 fully saturated rings. The summed E-state index contributed by atoms with van der Waals surface area (Å²) in [5.74, 6) is -4.78. The molecule has 1 N–H and O–H groups in total. The van der Waals surface area contributed by atoms with Gasteiger partial charge in [-0.1, -0.05) is 18.2 Å². The summed E-state index contributed by atoms with van der Waals surface area (Å²) in [7, 11) is 4.13. The molecule has 254 valence electrons. The normalized spacial score (nSPS) is 15.7. The number of alkyl halides is 3. The molecule has 5 rings (SSSR count). The molecule has 0 unspecified atom stereocenters. The van der Waals surface area contributed by atoms with Gasteiger partial charge in [-0.2, -0.15) is 13.2 Å². The highest BCUT2D eigenvalue weighted by Gasteiger charge is 2.46. The lowest BCUT2D eigenvalue weighted by molar-refractivity contribution is -0.167. The van der Waals surface area contributed by atoms with Gasteiger partial charge in [-0.15, -0.1) is 0 Å². The molecular formula is C33H31F5N4O6. The third kappa shape index (κ3) is 6.54. The topological polar surface area (TPSA) is 112 Å². The van der Waals surface area contributed by atoms with Crippen molar-refractivity contribution >= 4 is 28.5 Å². The molecule has 0 bridgehead atoms. The lowest BCUT2D eigenvalue weighted by atomic mass is 9.95. The zero-order valence-corrected chi connectivity index (χ0v) is 26.3. The number of fused-ring (bicyclic) bond motifs is 1. The number of methoxy groups -OCH3 is 2. The predicted molar refractivity (Wildman–Crippen MR) is 165 cm³/mol. The molecule has 4 aromatic rings. The maximum absolute atomic E-state index is 15.3. The molecular weight excluding hydrogens is 643 g/mol. The molecule has 0 aliphatic carbocycles. The molecule has 0 radical (unpaired) electrons. The first-order chi connectivity index (χ1) is 22.8. The molecule has 10 nitrogen and oxygen atoms in total. The minimum absolute atomic E-state index is 0.0980. The number of halogens is 5. The summed E-state index contributed by atoms with van der Waals surface area (Å²) < 4.78 is 87.9. The van der Waals surface area contributed by atoms with E-state index in [0.29, 0.717) is 45.6 Å². The van der Waals surface area contributed by atoms with Crippen molar-refractivity contribution in [2.45, 2.75) is 31.6 Å². The summed E-state index contributed by atoms with van der Waals surface area (Å²) in [5.41, 5.74) is 0.391. The second-order valence-electron chi connectivity index (χ2n) is 11.1. The maximum Gasteiger partial charge on any atom is 0.411 e. The molecule has 3 heterocycles. The highest BCUT2D eigenvalue weighted by Crippen LogP contribution is 2.35. The number of rotatable bonds is 8. The largest absolute Gasteiger partial charge is 0.496 e. The van der Waals surface area contributed by atoms with E-state index >= 15 is 8.78 Å². The van der Waals surface area contributed by atoms with Gasteiger partial charge in [0.05, 0.1) is 38.5 Å². The third-order valence-corrected chi connectivity index (χ3v) is 8.29. The quantitative estimate of drug-likeness (QED) is 0.215. The van der Waals surface area contributed by atoms with Crippen LogP contribution >= 0.6 is 0 Å². The van der Waals surface area contributed by atoms with Crippen LogP contribution in [0.4, 0.5) is 27.6 Å². The Labute approximate surface area is 271 Å². The number of nitrogens with one attached hydrogen (secondary N) is 1. The standard InChI is InChI=1S/C33H31F5N4O6/c1-17-12-25(46-3)27(31(44)41(17)2)21-8-7-18(20-6-5-9-39-29(20)21)13-24(32(45)47-4)40-30(43)28-22(34)14-19(15-23(28)35)42-10-11-48-16-26(42)33(36,37)38/h5-9,12,14-15,24,26H,10-11,13,16H2,1-4H3,(H,40,43)/t24-,26+/m0/s1. The number of hydrogen-bond acceptors (Lipinski definition) is 8. The molecule has 1 saturated heterocycles. The van der Waals surface area contributed by atoms with Gasteiger partial charge in [-0.05, 0) is 30.7 Å². The van der Waals surface area contributed by atoms with Crippen molar-refractivity contribution in [1.82, 2.24) is 14.9 Å². The highest BCUT2D eigenvalue weighted by atomic mass is 19.4. The number of hydrogen-bond donors (Lipinski definition) is 1. The minimum atomic E-state index is -4.74. The first kappa shape index (κ1) is 34.3. The van der Waals surface area contributed by atoms with E-state index in [1.54, 1.807) is 44.3 Å². The van der Waals surface area contributed by atoms with Crippen LogP contribution in [0.1, 0.15) is 21.6 Å². The van der Waals surface area contributed by atoms with E-state index in [4.69, 9.17) is 14.2 Å². The van der Waals surface area contributed by atoms with Crippen molar-refractivity contribution in [2.75, 3.05) is 38.9 Å². The second-order valence-corrected chi connectivity index (χ2v) is 11.1. The first-order valence-electron chi connectivity index (χ1n) is 14.7. The molecule has 2 aromatic heterocycles. The monoisotopic (exact) mass is 674 g/mol. The van der Waals surface area contributed by atoms with Gasteiger partial charge >= 0.3 is 12.1 Å². The van der Waals surface area contributed by atoms with Crippen molar-refractivity contribution < 1.29 is 45.8 Å². The molecule has 0 spiro atoms. The Morgan fingerprint density at radius 3 is 2.48 bits per heavy atom. The van der Waals surface area contributed by atoms with Crippen molar-refractivity contribution in [1.29, 1.82) is 0 Å². The van der Waals surface area contributed by atoms with E-state index in [9.17, 15) is 27.6 Å². The van der Waals surface area contributed by atoms with Gasteiger partial charge in [0.15, 0.2) is 0 Å². The molecule has 2 atom stereocenters. The van der Waals surface area contributed by atoms with Crippen molar-refractivity contribution in [2.24, 2.45) is 7.05 Å². The number of nitrogens with zero attached hydrogens (tertiary/aromatic N) is 3. The summed E-state index contributed by atoms with van der Waals surface area (Å²) in [6.45, 7) is 0.648. The first-order valence-corrected chi connectivity index (χ1v) is 14.7. The number of carbonyl (C=O) groups excluding carboxylic acids is 2. The highest BCUT2D eigenvalue weighted by molar-refractivity contribution is 5.99. The Morgan fingerprint density at radius 1 is 1.12 bits per heavy atom. The van der Waals surface area contributed by atoms with Gasteiger partial charge < -0.3 is 29.0 Å². The van der Waals surface area contributed by atoms with Crippen molar-refractivity contribution in [3.63, 3.8) is 0 Å². The average molecular weight is 675 g/mol. The number of carbonyl (C=O) groups is 2. The SMILES string of the molecule is COC(=O)[C@H](Cc1ccc(-c2c(OC)cc(C)n(C)c2=O)c2ncccc12)NC(=O)c1c(F)cc(N2CCOC[C@@H]2C(F)(F)F)cc1F. The van der Waals surface area contributed by atoms with Crippen LogP contribution in [0, 0.1) is 18.6 Å². The zero-order valence-electron chi connectivity index (χ0n) is 26.3. The van der Waals surface area contributed by atoms with Crippen LogP contribution in [0.5, 0.6) is 5.75 Å². The predicted octanol–water partition coefficient (Wildman–Crippen LogP) is 4.48. The van der Waals surface area contributed by atoms with E-state index in [2.05, 4.69) is 10.3 Å². The Bertz CT molecular complexity index is 1920. The summed E-state index contributed by atoms with van der Waals surface area (Å²) in [5, 5.41) is 2.81. The van der Waals surface area contributed by atoms with Crippen LogP contribution in [0.2, 0.25) is 0 Å². The van der Waals surface area contributed by atoms with Gasteiger partial charge in [0.1, 0.15) is 35.0 Å². The number of aromatic nitrogens is 2.